The van der Waals surface area contributed by atoms with Gasteiger partial charge in [-0.3, -0.25) is 0 Å². The Kier molecular flexibility index (Phi) is 3.66. The largest absolute Gasteiger partial charge is 0.383 e. The Morgan fingerprint density at radius 3 is 2.71 bits per heavy atom. The molecule has 0 bridgehead atoms. The number of hydrogen-bond donors (Lipinski definition) is 3. The van der Waals surface area contributed by atoms with Crippen molar-refractivity contribution in [3.63, 3.8) is 0 Å². The van der Waals surface area contributed by atoms with Gasteiger partial charge in [-0.05, 0) is 18.8 Å². The van der Waals surface area contributed by atoms with Crippen molar-refractivity contribution < 1.29 is 0 Å². The third kappa shape index (κ3) is 3.22. The quantitative estimate of drug-likeness (QED) is 0.682. The Balaban J connectivity index is 2.07. The second-order valence-electron chi connectivity index (χ2n) is 4.90. The van der Waals surface area contributed by atoms with Gasteiger partial charge < -0.3 is 16.8 Å². The van der Waals surface area contributed by atoms with E-state index in [1.807, 2.05) is 0 Å². The van der Waals surface area contributed by atoms with Crippen molar-refractivity contribution in [1.82, 2.24) is 9.97 Å². The Morgan fingerprint density at radius 1 is 1.18 bits per heavy atom. The molecule has 17 heavy (non-hydrogen) atoms. The van der Waals surface area contributed by atoms with Gasteiger partial charge in [-0.15, -0.1) is 0 Å². The minimum atomic E-state index is 0.230. The van der Waals surface area contributed by atoms with E-state index in [9.17, 15) is 0 Å². The number of rotatable bonds is 2. The van der Waals surface area contributed by atoms with Gasteiger partial charge in [0.25, 0.3) is 0 Å². The van der Waals surface area contributed by atoms with Gasteiger partial charge >= 0.3 is 0 Å². The van der Waals surface area contributed by atoms with Gasteiger partial charge in [-0.2, -0.15) is 9.97 Å². The molecule has 0 aromatic carbocycles. The normalized spacial score (nSPS) is 25.2. The van der Waals surface area contributed by atoms with Crippen molar-refractivity contribution in [2.24, 2.45) is 5.92 Å². The van der Waals surface area contributed by atoms with E-state index in [4.69, 9.17) is 11.5 Å². The van der Waals surface area contributed by atoms with E-state index in [0.29, 0.717) is 17.8 Å². The Labute approximate surface area is 102 Å². The van der Waals surface area contributed by atoms with Gasteiger partial charge in [-0.25, -0.2) is 0 Å². The molecule has 1 heterocycles. The topological polar surface area (TPSA) is 89.8 Å². The molecule has 1 aromatic heterocycles. The number of nitrogens with zero attached hydrogens (tertiary/aromatic N) is 2. The first kappa shape index (κ1) is 12.0. The van der Waals surface area contributed by atoms with Crippen molar-refractivity contribution in [2.75, 3.05) is 16.8 Å². The summed E-state index contributed by atoms with van der Waals surface area (Å²) in [4.78, 5) is 8.04. The summed E-state index contributed by atoms with van der Waals surface area (Å²) in [6, 6.07) is 2.21. The molecule has 94 valence electrons. The van der Waals surface area contributed by atoms with Crippen molar-refractivity contribution in [3.05, 3.63) is 6.07 Å². The van der Waals surface area contributed by atoms with E-state index in [-0.39, 0.29) is 5.95 Å². The monoisotopic (exact) mass is 235 g/mol. The van der Waals surface area contributed by atoms with Crippen LogP contribution in [0.4, 0.5) is 17.6 Å². The average Bonchev–Trinajstić information content (AvgIpc) is 2.43. The number of nitrogen functional groups attached to an aromatic ring is 2. The zero-order valence-electron chi connectivity index (χ0n) is 10.3. The van der Waals surface area contributed by atoms with Crippen molar-refractivity contribution in [3.8, 4) is 0 Å². The van der Waals surface area contributed by atoms with Crippen LogP contribution in [0.5, 0.6) is 0 Å². The summed E-state index contributed by atoms with van der Waals surface area (Å²) < 4.78 is 0. The maximum absolute atomic E-state index is 5.66. The van der Waals surface area contributed by atoms with Crippen LogP contribution in [0.25, 0.3) is 0 Å². The third-order valence-electron chi connectivity index (χ3n) is 3.46. The molecular weight excluding hydrogens is 214 g/mol. The van der Waals surface area contributed by atoms with Gasteiger partial charge in [0.2, 0.25) is 5.95 Å². The van der Waals surface area contributed by atoms with Crippen LogP contribution in [-0.2, 0) is 0 Å². The molecule has 1 aromatic rings. The molecule has 1 saturated carbocycles. The van der Waals surface area contributed by atoms with Crippen LogP contribution in [0.1, 0.15) is 39.0 Å². The standard InChI is InChI=1S/C12H21N5/c1-8-5-3-2-4-6-9(8)15-11-7-10(13)16-12(14)17-11/h7-9H,2-6H2,1H3,(H5,13,14,15,16,17). The van der Waals surface area contributed by atoms with E-state index >= 15 is 0 Å². The second-order valence-corrected chi connectivity index (χ2v) is 4.90. The van der Waals surface area contributed by atoms with Gasteiger partial charge in [-0.1, -0.05) is 26.2 Å². The fourth-order valence-corrected chi connectivity index (χ4v) is 2.46. The molecule has 5 heteroatoms. The van der Waals surface area contributed by atoms with Crippen molar-refractivity contribution >= 4 is 17.6 Å². The molecule has 1 fully saturated rings. The lowest BCUT2D eigenvalue weighted by Gasteiger charge is -2.23. The Bertz CT molecular complexity index is 359. The Morgan fingerprint density at radius 2 is 1.94 bits per heavy atom. The van der Waals surface area contributed by atoms with Gasteiger partial charge in [0.05, 0.1) is 0 Å². The lowest BCUT2D eigenvalue weighted by Crippen LogP contribution is -2.27. The summed E-state index contributed by atoms with van der Waals surface area (Å²) in [5.74, 6) is 2.05. The number of aromatic nitrogens is 2. The number of nitrogens with two attached hydrogens (primary N) is 2. The van der Waals surface area contributed by atoms with Gasteiger partial charge in [0, 0.05) is 12.1 Å². The molecule has 2 atom stereocenters. The minimum Gasteiger partial charge on any atom is -0.383 e. The molecule has 0 saturated heterocycles. The first-order valence-electron chi connectivity index (χ1n) is 6.31. The fourth-order valence-electron chi connectivity index (χ4n) is 2.46. The zero-order valence-corrected chi connectivity index (χ0v) is 10.3. The lowest BCUT2D eigenvalue weighted by atomic mass is 9.97. The number of nitrogens with one attached hydrogen (secondary N) is 1. The highest BCUT2D eigenvalue weighted by atomic mass is 15.1. The molecule has 0 aliphatic heterocycles. The summed E-state index contributed by atoms with van der Waals surface area (Å²) in [6.07, 6.45) is 6.39. The van der Waals surface area contributed by atoms with Gasteiger partial charge in [0.1, 0.15) is 11.6 Å². The first-order valence-corrected chi connectivity index (χ1v) is 6.31. The summed E-state index contributed by atoms with van der Waals surface area (Å²) in [5, 5.41) is 3.44. The fraction of sp³-hybridized carbons (Fsp3) is 0.667. The van der Waals surface area contributed by atoms with E-state index < -0.39 is 0 Å². The molecule has 0 amide bonds. The van der Waals surface area contributed by atoms with Crippen LogP contribution in [-0.4, -0.2) is 16.0 Å². The van der Waals surface area contributed by atoms with Crippen LogP contribution in [0.3, 0.4) is 0 Å². The molecule has 1 aliphatic carbocycles. The summed E-state index contributed by atoms with van der Waals surface area (Å²) >= 11 is 0. The molecule has 0 radical (unpaired) electrons. The van der Waals surface area contributed by atoms with Crippen molar-refractivity contribution in [1.29, 1.82) is 0 Å². The third-order valence-corrected chi connectivity index (χ3v) is 3.46. The van der Waals surface area contributed by atoms with Crippen LogP contribution < -0.4 is 16.8 Å². The van der Waals surface area contributed by atoms with Crippen LogP contribution in [0.2, 0.25) is 0 Å². The molecule has 0 spiro atoms. The maximum atomic E-state index is 5.66. The molecular formula is C12H21N5. The predicted octanol–water partition coefficient (Wildman–Crippen LogP) is 2.02. The second kappa shape index (κ2) is 5.21. The minimum absolute atomic E-state index is 0.230. The number of anilines is 3. The number of hydrogen-bond acceptors (Lipinski definition) is 5. The smallest absolute Gasteiger partial charge is 0.223 e. The predicted molar refractivity (Wildman–Crippen MR) is 70.5 cm³/mol. The Hall–Kier alpha value is -1.52. The van der Waals surface area contributed by atoms with Crippen molar-refractivity contribution in [2.45, 2.75) is 45.1 Å². The summed E-state index contributed by atoms with van der Waals surface area (Å²) in [6.45, 7) is 2.29. The van der Waals surface area contributed by atoms with Crippen LogP contribution in [0, 0.1) is 5.92 Å². The molecule has 1 aliphatic rings. The van der Waals surface area contributed by atoms with Crippen LogP contribution >= 0.6 is 0 Å². The van der Waals surface area contributed by atoms with E-state index in [0.717, 1.165) is 5.82 Å². The first-order chi connectivity index (χ1) is 8.15. The maximum Gasteiger partial charge on any atom is 0.223 e. The summed E-state index contributed by atoms with van der Waals surface area (Å²) in [7, 11) is 0. The SMILES string of the molecule is CC1CCCCCC1Nc1cc(N)nc(N)n1. The molecule has 5 N–H and O–H groups in total. The highest BCUT2D eigenvalue weighted by molar-refractivity contribution is 5.48. The lowest BCUT2D eigenvalue weighted by molar-refractivity contribution is 0.455. The molecule has 2 rings (SSSR count). The molecule has 5 nitrogen and oxygen atoms in total. The highest BCUT2D eigenvalue weighted by Gasteiger charge is 2.20. The van der Waals surface area contributed by atoms with Gasteiger partial charge in [0.15, 0.2) is 0 Å². The zero-order chi connectivity index (χ0) is 12.3. The average molecular weight is 235 g/mol. The van der Waals surface area contributed by atoms with E-state index in [1.54, 1.807) is 6.07 Å². The van der Waals surface area contributed by atoms with Crippen LogP contribution in [0.15, 0.2) is 6.07 Å². The van der Waals surface area contributed by atoms with E-state index in [1.165, 1.54) is 32.1 Å². The van der Waals surface area contributed by atoms with E-state index in [2.05, 4.69) is 22.2 Å². The summed E-state index contributed by atoms with van der Waals surface area (Å²) in [5.41, 5.74) is 11.2. The molecule has 2 unspecified atom stereocenters. The highest BCUT2D eigenvalue weighted by Crippen LogP contribution is 2.25.